The maximum absolute atomic E-state index is 12.3. The van der Waals surface area contributed by atoms with Crippen LogP contribution < -0.4 is 5.32 Å². The quantitative estimate of drug-likeness (QED) is 0.805. The number of nitrogens with one attached hydrogen (secondary N) is 1. The number of carbonyl (C=O) groups excluding carboxylic acids is 1. The minimum absolute atomic E-state index is 0.0897. The van der Waals surface area contributed by atoms with Crippen LogP contribution in [0.15, 0.2) is 30.6 Å². The number of rotatable bonds is 4. The lowest BCUT2D eigenvalue weighted by Gasteiger charge is -2.14. The maximum Gasteiger partial charge on any atom is 0.271 e. The van der Waals surface area contributed by atoms with Gasteiger partial charge < -0.3 is 9.72 Å². The molecular weight excluding hydrogens is 290 g/mol. The average Bonchev–Trinajstić information content (AvgIpc) is 3.06. The molecule has 3 aromatic heterocycles. The highest BCUT2D eigenvalue weighted by Gasteiger charge is 2.14. The van der Waals surface area contributed by atoms with Crippen LogP contribution >= 0.6 is 0 Å². The monoisotopic (exact) mass is 311 g/mol. The number of nitrogens with zero attached hydrogens (tertiary/aromatic N) is 4. The van der Waals surface area contributed by atoms with Crippen LogP contribution in [-0.2, 0) is 0 Å². The molecule has 0 unspecified atom stereocenters. The number of hydrogen-bond acceptors (Lipinski definition) is 3. The molecule has 3 heterocycles. The van der Waals surface area contributed by atoms with E-state index in [4.69, 9.17) is 0 Å². The molecule has 0 fully saturated rings. The Morgan fingerprint density at radius 3 is 2.78 bits per heavy atom. The van der Waals surface area contributed by atoms with Crippen molar-refractivity contribution >= 4 is 11.6 Å². The summed E-state index contributed by atoms with van der Waals surface area (Å²) in [5.74, 6) is -0.167. The number of fused-ring (bicyclic) bond motifs is 1. The van der Waals surface area contributed by atoms with Gasteiger partial charge >= 0.3 is 0 Å². The molecule has 0 aliphatic rings. The fraction of sp³-hybridized carbons (Fsp3) is 0.353. The Labute approximate surface area is 135 Å². The summed E-state index contributed by atoms with van der Waals surface area (Å²) in [6.45, 7) is 8.53. The molecular formula is C17H21N5O. The van der Waals surface area contributed by atoms with Gasteiger partial charge in [-0.25, -0.2) is 4.98 Å². The average molecular weight is 311 g/mol. The van der Waals surface area contributed by atoms with E-state index in [0.29, 0.717) is 12.2 Å². The molecule has 23 heavy (non-hydrogen) atoms. The third-order valence-corrected chi connectivity index (χ3v) is 3.87. The SMILES string of the molecule is Cc1ccn2cc(C(=O)NC[C@@H](C)n3nc(C)cc3C)nc2c1. The van der Waals surface area contributed by atoms with Gasteiger partial charge in [0, 0.05) is 24.6 Å². The Hall–Kier alpha value is -2.63. The van der Waals surface area contributed by atoms with E-state index in [2.05, 4.69) is 15.4 Å². The lowest BCUT2D eigenvalue weighted by Crippen LogP contribution is -2.30. The van der Waals surface area contributed by atoms with E-state index in [0.717, 1.165) is 22.6 Å². The van der Waals surface area contributed by atoms with Crippen molar-refractivity contribution in [2.75, 3.05) is 6.54 Å². The third-order valence-electron chi connectivity index (χ3n) is 3.87. The number of pyridine rings is 1. The molecule has 1 N–H and O–H groups in total. The van der Waals surface area contributed by atoms with Crippen molar-refractivity contribution in [3.63, 3.8) is 0 Å². The summed E-state index contributed by atoms with van der Waals surface area (Å²) in [5, 5.41) is 7.38. The first kappa shape index (κ1) is 15.3. The van der Waals surface area contributed by atoms with Gasteiger partial charge in [0.15, 0.2) is 0 Å². The molecule has 0 saturated carbocycles. The highest BCUT2D eigenvalue weighted by molar-refractivity contribution is 5.92. The molecule has 1 amide bonds. The summed E-state index contributed by atoms with van der Waals surface area (Å²) >= 11 is 0. The summed E-state index contributed by atoms with van der Waals surface area (Å²) in [6.07, 6.45) is 3.66. The molecule has 0 spiro atoms. The fourth-order valence-corrected chi connectivity index (χ4v) is 2.70. The van der Waals surface area contributed by atoms with Crippen molar-refractivity contribution in [2.45, 2.75) is 33.7 Å². The first-order valence-corrected chi connectivity index (χ1v) is 7.70. The molecule has 1 atom stereocenters. The topological polar surface area (TPSA) is 64.2 Å². The maximum atomic E-state index is 12.3. The lowest BCUT2D eigenvalue weighted by atomic mass is 10.3. The zero-order valence-electron chi connectivity index (χ0n) is 13.9. The molecule has 0 bridgehead atoms. The van der Waals surface area contributed by atoms with Gasteiger partial charge in [-0.1, -0.05) is 0 Å². The van der Waals surface area contributed by atoms with E-state index in [-0.39, 0.29) is 11.9 Å². The summed E-state index contributed by atoms with van der Waals surface area (Å²) < 4.78 is 3.79. The molecule has 0 aromatic carbocycles. The van der Waals surface area contributed by atoms with Crippen LogP contribution in [-0.4, -0.2) is 31.6 Å². The second kappa shape index (κ2) is 5.87. The minimum Gasteiger partial charge on any atom is -0.349 e. The van der Waals surface area contributed by atoms with Crippen molar-refractivity contribution < 1.29 is 4.79 Å². The number of aryl methyl sites for hydroxylation is 3. The second-order valence-corrected chi connectivity index (χ2v) is 6.03. The summed E-state index contributed by atoms with van der Waals surface area (Å²) in [5.41, 5.74) is 4.40. The molecule has 0 radical (unpaired) electrons. The lowest BCUT2D eigenvalue weighted by molar-refractivity contribution is 0.0943. The minimum atomic E-state index is -0.167. The highest BCUT2D eigenvalue weighted by Crippen LogP contribution is 2.11. The van der Waals surface area contributed by atoms with Gasteiger partial charge in [0.2, 0.25) is 0 Å². The highest BCUT2D eigenvalue weighted by atomic mass is 16.1. The first-order valence-electron chi connectivity index (χ1n) is 7.70. The van der Waals surface area contributed by atoms with Crippen LogP contribution in [0.3, 0.4) is 0 Å². The van der Waals surface area contributed by atoms with E-state index in [9.17, 15) is 4.79 Å². The van der Waals surface area contributed by atoms with Crippen molar-refractivity contribution in [2.24, 2.45) is 0 Å². The molecule has 3 rings (SSSR count). The van der Waals surface area contributed by atoms with Gasteiger partial charge in [-0.05, 0) is 51.5 Å². The van der Waals surface area contributed by atoms with Crippen LogP contribution in [0.2, 0.25) is 0 Å². The first-order chi connectivity index (χ1) is 10.9. The molecule has 120 valence electrons. The van der Waals surface area contributed by atoms with Gasteiger partial charge in [-0.2, -0.15) is 5.10 Å². The number of imidazole rings is 1. The van der Waals surface area contributed by atoms with Crippen LogP contribution in [0.4, 0.5) is 0 Å². The third kappa shape index (κ3) is 3.11. The van der Waals surface area contributed by atoms with Gasteiger partial charge in [-0.3, -0.25) is 9.48 Å². The van der Waals surface area contributed by atoms with E-state index < -0.39 is 0 Å². The molecule has 6 nitrogen and oxygen atoms in total. The largest absolute Gasteiger partial charge is 0.349 e. The number of amides is 1. The van der Waals surface area contributed by atoms with Crippen molar-refractivity contribution in [3.8, 4) is 0 Å². The van der Waals surface area contributed by atoms with Crippen LogP contribution in [0.1, 0.15) is 40.4 Å². The zero-order valence-corrected chi connectivity index (χ0v) is 13.9. The Morgan fingerprint density at radius 1 is 1.30 bits per heavy atom. The van der Waals surface area contributed by atoms with Gasteiger partial charge in [0.1, 0.15) is 11.3 Å². The van der Waals surface area contributed by atoms with Crippen LogP contribution in [0.25, 0.3) is 5.65 Å². The summed E-state index contributed by atoms with van der Waals surface area (Å²) in [4.78, 5) is 16.7. The predicted molar refractivity (Wildman–Crippen MR) is 88.7 cm³/mol. The molecule has 0 saturated heterocycles. The van der Waals surface area contributed by atoms with Gasteiger partial charge in [0.25, 0.3) is 5.91 Å². The van der Waals surface area contributed by atoms with Crippen molar-refractivity contribution in [1.29, 1.82) is 0 Å². The molecule has 3 aromatic rings. The smallest absolute Gasteiger partial charge is 0.271 e. The van der Waals surface area contributed by atoms with Crippen LogP contribution in [0.5, 0.6) is 0 Å². The van der Waals surface area contributed by atoms with E-state index in [1.807, 2.05) is 61.2 Å². The van der Waals surface area contributed by atoms with E-state index in [1.165, 1.54) is 0 Å². The number of aromatic nitrogens is 4. The number of carbonyl (C=O) groups is 1. The molecule has 0 aliphatic heterocycles. The normalized spacial score (nSPS) is 12.5. The Bertz CT molecular complexity index is 861. The molecule has 0 aliphatic carbocycles. The zero-order chi connectivity index (χ0) is 16.6. The number of hydrogen-bond donors (Lipinski definition) is 1. The van der Waals surface area contributed by atoms with Crippen LogP contribution in [0, 0.1) is 20.8 Å². The predicted octanol–water partition coefficient (Wildman–Crippen LogP) is 2.45. The summed E-state index contributed by atoms with van der Waals surface area (Å²) in [6, 6.07) is 6.06. The van der Waals surface area contributed by atoms with Crippen molar-refractivity contribution in [3.05, 3.63) is 53.2 Å². The van der Waals surface area contributed by atoms with E-state index >= 15 is 0 Å². The Balaban J connectivity index is 1.69. The Kier molecular flexibility index (Phi) is 3.90. The standard InChI is InChI=1S/C17H21N5O/c1-11-5-6-21-10-15(19-16(21)7-11)17(23)18-9-14(4)22-13(3)8-12(2)20-22/h5-8,10,14H,9H2,1-4H3,(H,18,23)/t14-/m1/s1. The van der Waals surface area contributed by atoms with Crippen molar-refractivity contribution in [1.82, 2.24) is 24.5 Å². The molecule has 6 heteroatoms. The van der Waals surface area contributed by atoms with Gasteiger partial charge in [-0.15, -0.1) is 0 Å². The van der Waals surface area contributed by atoms with E-state index in [1.54, 1.807) is 6.20 Å². The fourth-order valence-electron chi connectivity index (χ4n) is 2.70. The second-order valence-electron chi connectivity index (χ2n) is 6.03. The van der Waals surface area contributed by atoms with Gasteiger partial charge in [0.05, 0.1) is 11.7 Å². The summed E-state index contributed by atoms with van der Waals surface area (Å²) in [7, 11) is 0. The Morgan fingerprint density at radius 2 is 2.09 bits per heavy atom.